The van der Waals surface area contributed by atoms with Crippen LogP contribution in [0, 0.1) is 11.3 Å². The van der Waals surface area contributed by atoms with E-state index in [1.54, 1.807) is 11.4 Å². The molecule has 1 aliphatic heterocycles. The minimum Gasteiger partial charge on any atom is -0.337 e. The molecule has 26 heavy (non-hydrogen) atoms. The summed E-state index contributed by atoms with van der Waals surface area (Å²) in [5.41, 5.74) is 0.722. The molecule has 0 saturated heterocycles. The van der Waals surface area contributed by atoms with Crippen molar-refractivity contribution < 1.29 is 4.79 Å². The van der Waals surface area contributed by atoms with Crippen molar-refractivity contribution in [2.75, 3.05) is 11.9 Å². The second-order valence-corrected chi connectivity index (χ2v) is 7.59. The van der Waals surface area contributed by atoms with E-state index in [1.165, 1.54) is 34.0 Å². The first-order valence-corrected chi connectivity index (χ1v) is 9.40. The van der Waals surface area contributed by atoms with Crippen LogP contribution in [0.5, 0.6) is 0 Å². The van der Waals surface area contributed by atoms with Gasteiger partial charge in [-0.3, -0.25) is 14.2 Å². The third-order valence-electron chi connectivity index (χ3n) is 4.11. The maximum absolute atomic E-state index is 12.7. The smallest absolute Gasteiger partial charge is 0.262 e. The van der Waals surface area contributed by atoms with E-state index in [-0.39, 0.29) is 17.7 Å². The van der Waals surface area contributed by atoms with Crippen LogP contribution in [0.15, 0.2) is 62.3 Å². The number of Topliss-reactive ketones (excluding diaryl/α,β-unsaturated/α-hetero) is 1. The number of thiophene rings is 1. The molecule has 3 heterocycles. The maximum Gasteiger partial charge on any atom is 0.262 e. The van der Waals surface area contributed by atoms with E-state index in [4.69, 9.17) is 0 Å². The zero-order valence-electron chi connectivity index (χ0n) is 13.7. The van der Waals surface area contributed by atoms with E-state index in [0.29, 0.717) is 15.2 Å². The number of hydrogen-bond acceptors (Lipinski definition) is 7. The molecule has 0 radical (unpaired) electrons. The quantitative estimate of drug-likeness (QED) is 0.513. The SMILES string of the molecule is CN1C(=C(C#N)C(=O)Cn2cnc3sccc3c2=O)Sc2ccccc21. The molecule has 0 aliphatic carbocycles. The van der Waals surface area contributed by atoms with Crippen molar-refractivity contribution in [1.29, 1.82) is 5.26 Å². The van der Waals surface area contributed by atoms with E-state index in [2.05, 4.69) is 4.98 Å². The molecule has 6 nitrogen and oxygen atoms in total. The molecule has 2 aromatic heterocycles. The Morgan fingerprint density at radius 2 is 2.12 bits per heavy atom. The predicted octanol–water partition coefficient (Wildman–Crippen LogP) is 3.00. The molecule has 0 N–H and O–H groups in total. The number of benzene rings is 1. The minimum absolute atomic E-state index is 0.0472. The highest BCUT2D eigenvalue weighted by molar-refractivity contribution is 8.03. The molecule has 3 aromatic rings. The highest BCUT2D eigenvalue weighted by atomic mass is 32.2. The average Bonchev–Trinajstić information content (AvgIpc) is 3.24. The largest absolute Gasteiger partial charge is 0.337 e. The van der Waals surface area contributed by atoms with Gasteiger partial charge < -0.3 is 4.90 Å². The van der Waals surface area contributed by atoms with Crippen molar-refractivity contribution in [2.45, 2.75) is 11.4 Å². The van der Waals surface area contributed by atoms with Crippen molar-refractivity contribution in [2.24, 2.45) is 0 Å². The van der Waals surface area contributed by atoms with Gasteiger partial charge in [0.15, 0.2) is 5.78 Å². The van der Waals surface area contributed by atoms with Gasteiger partial charge in [0.05, 0.1) is 23.9 Å². The fraction of sp³-hybridized carbons (Fsp3) is 0.111. The maximum atomic E-state index is 12.7. The van der Waals surface area contributed by atoms with Crippen LogP contribution < -0.4 is 10.5 Å². The van der Waals surface area contributed by atoms with Gasteiger partial charge in [0.2, 0.25) is 0 Å². The second-order valence-electron chi connectivity index (χ2n) is 5.66. The molecule has 0 fully saturated rings. The number of carbonyl (C=O) groups is 1. The number of aromatic nitrogens is 2. The number of nitrogens with zero attached hydrogens (tertiary/aromatic N) is 4. The van der Waals surface area contributed by atoms with Gasteiger partial charge in [-0.25, -0.2) is 4.98 Å². The number of fused-ring (bicyclic) bond motifs is 2. The van der Waals surface area contributed by atoms with Crippen LogP contribution in [-0.4, -0.2) is 22.4 Å². The highest BCUT2D eigenvalue weighted by Crippen LogP contribution is 2.46. The Labute approximate surface area is 157 Å². The van der Waals surface area contributed by atoms with Gasteiger partial charge >= 0.3 is 0 Å². The summed E-state index contributed by atoms with van der Waals surface area (Å²) in [5, 5.41) is 12.4. The van der Waals surface area contributed by atoms with Gasteiger partial charge in [-0.2, -0.15) is 5.26 Å². The number of carbonyl (C=O) groups excluding carboxylic acids is 1. The number of para-hydroxylation sites is 1. The monoisotopic (exact) mass is 380 g/mol. The van der Waals surface area contributed by atoms with Gasteiger partial charge in [-0.15, -0.1) is 11.3 Å². The lowest BCUT2D eigenvalue weighted by Gasteiger charge is -2.15. The van der Waals surface area contributed by atoms with Crippen molar-refractivity contribution in [3.8, 4) is 6.07 Å². The zero-order valence-corrected chi connectivity index (χ0v) is 15.3. The summed E-state index contributed by atoms with van der Waals surface area (Å²) in [6.45, 7) is -0.214. The van der Waals surface area contributed by atoms with Crippen LogP contribution in [-0.2, 0) is 11.3 Å². The molecule has 128 valence electrons. The summed E-state index contributed by atoms with van der Waals surface area (Å²) in [7, 11) is 1.82. The summed E-state index contributed by atoms with van der Waals surface area (Å²) in [5.74, 6) is -0.409. The van der Waals surface area contributed by atoms with Crippen molar-refractivity contribution >= 4 is 44.8 Å². The molecule has 1 aliphatic rings. The Kier molecular flexibility index (Phi) is 4.11. The molecule has 0 saturated carbocycles. The van der Waals surface area contributed by atoms with E-state index in [0.717, 1.165) is 10.6 Å². The molecule has 1 aromatic carbocycles. The summed E-state index contributed by atoms with van der Waals surface area (Å²) in [6, 6.07) is 11.4. The standard InChI is InChI=1S/C18H12N4O2S2/c1-21-13-4-2-3-5-15(13)26-18(21)12(8-19)14(23)9-22-10-20-16-11(17(22)24)6-7-25-16/h2-7,10H,9H2,1H3. The lowest BCUT2D eigenvalue weighted by atomic mass is 10.2. The first-order valence-electron chi connectivity index (χ1n) is 7.71. The molecule has 0 amide bonds. The Balaban J connectivity index is 1.69. The van der Waals surface area contributed by atoms with Crippen molar-refractivity contribution in [3.63, 3.8) is 0 Å². The second kappa shape index (κ2) is 6.44. The van der Waals surface area contributed by atoms with Crippen LogP contribution in [0.25, 0.3) is 10.2 Å². The van der Waals surface area contributed by atoms with E-state index < -0.39 is 5.78 Å². The number of ketones is 1. The van der Waals surface area contributed by atoms with Gasteiger partial charge in [0.1, 0.15) is 21.5 Å². The van der Waals surface area contributed by atoms with Gasteiger partial charge in [0, 0.05) is 11.9 Å². The van der Waals surface area contributed by atoms with Crippen LogP contribution >= 0.6 is 23.1 Å². The number of anilines is 1. The lowest BCUT2D eigenvalue weighted by molar-refractivity contribution is -0.115. The molecule has 0 spiro atoms. The lowest BCUT2D eigenvalue weighted by Crippen LogP contribution is -2.26. The first-order chi connectivity index (χ1) is 12.6. The summed E-state index contributed by atoms with van der Waals surface area (Å²) < 4.78 is 1.25. The van der Waals surface area contributed by atoms with Crippen LogP contribution in [0.3, 0.4) is 0 Å². The molecule has 4 rings (SSSR count). The van der Waals surface area contributed by atoms with Gasteiger partial charge in [-0.05, 0) is 23.6 Å². The fourth-order valence-corrected chi connectivity index (χ4v) is 4.68. The first kappa shape index (κ1) is 16.6. The number of nitriles is 1. The topological polar surface area (TPSA) is 79.0 Å². The molecule has 0 atom stereocenters. The number of rotatable bonds is 3. The van der Waals surface area contributed by atoms with Crippen LogP contribution in [0.4, 0.5) is 5.69 Å². The minimum atomic E-state index is -0.409. The summed E-state index contributed by atoms with van der Waals surface area (Å²) >= 11 is 2.76. The van der Waals surface area contributed by atoms with Crippen molar-refractivity contribution in [1.82, 2.24) is 9.55 Å². The Bertz CT molecular complexity index is 1170. The van der Waals surface area contributed by atoms with Gasteiger partial charge in [-0.1, -0.05) is 23.9 Å². The number of allylic oxidation sites excluding steroid dienone is 1. The zero-order chi connectivity index (χ0) is 18.3. The summed E-state index contributed by atoms with van der Waals surface area (Å²) in [6.07, 6.45) is 1.36. The van der Waals surface area contributed by atoms with E-state index in [1.807, 2.05) is 42.3 Å². The third-order valence-corrected chi connectivity index (χ3v) is 6.16. The molecular formula is C18H12N4O2S2. The average molecular weight is 380 g/mol. The van der Waals surface area contributed by atoms with Crippen LogP contribution in [0.2, 0.25) is 0 Å². The van der Waals surface area contributed by atoms with Crippen molar-refractivity contribution in [3.05, 3.63) is 63.0 Å². The Morgan fingerprint density at radius 3 is 2.88 bits per heavy atom. The number of thioether (sulfide) groups is 1. The summed E-state index contributed by atoms with van der Waals surface area (Å²) in [4.78, 5) is 32.9. The molecular weight excluding hydrogens is 368 g/mol. The normalized spacial score (nSPS) is 15.0. The predicted molar refractivity (Wildman–Crippen MR) is 102 cm³/mol. The fourth-order valence-electron chi connectivity index (χ4n) is 2.79. The third kappa shape index (κ3) is 2.62. The molecule has 0 bridgehead atoms. The molecule has 8 heteroatoms. The Morgan fingerprint density at radius 1 is 1.31 bits per heavy atom. The van der Waals surface area contributed by atoms with Crippen LogP contribution in [0.1, 0.15) is 0 Å². The Hall–Kier alpha value is -2.89. The molecule has 0 unspecified atom stereocenters. The van der Waals surface area contributed by atoms with Gasteiger partial charge in [0.25, 0.3) is 5.56 Å². The van der Waals surface area contributed by atoms with E-state index in [9.17, 15) is 14.9 Å². The van der Waals surface area contributed by atoms with E-state index >= 15 is 0 Å². The highest BCUT2D eigenvalue weighted by Gasteiger charge is 2.28. The number of hydrogen-bond donors (Lipinski definition) is 0.